The van der Waals surface area contributed by atoms with E-state index in [0.717, 1.165) is 18.4 Å². The first-order chi connectivity index (χ1) is 6.96. The van der Waals surface area contributed by atoms with Crippen LogP contribution in [0.4, 0.5) is 4.79 Å². The molecule has 86 valence electrons. The summed E-state index contributed by atoms with van der Waals surface area (Å²) in [4.78, 5) is 11.4. The van der Waals surface area contributed by atoms with E-state index < -0.39 is 5.60 Å². The van der Waals surface area contributed by atoms with Crippen molar-refractivity contribution in [2.45, 2.75) is 38.8 Å². The Hall–Kier alpha value is -0.770. The molecule has 0 spiro atoms. The van der Waals surface area contributed by atoms with Gasteiger partial charge in [0.2, 0.25) is 0 Å². The monoisotopic (exact) mass is 212 g/mol. The van der Waals surface area contributed by atoms with Crippen LogP contribution in [0.25, 0.3) is 0 Å². The zero-order valence-electron chi connectivity index (χ0n) is 9.67. The highest BCUT2D eigenvalue weighted by atomic mass is 16.6. The van der Waals surface area contributed by atoms with Crippen LogP contribution in [0.5, 0.6) is 0 Å². The van der Waals surface area contributed by atoms with Gasteiger partial charge in [0, 0.05) is 12.6 Å². The summed E-state index contributed by atoms with van der Waals surface area (Å²) < 4.78 is 5.17. The number of amides is 1. The second kappa shape index (κ2) is 3.67. The van der Waals surface area contributed by atoms with Crippen LogP contribution >= 0.6 is 0 Å². The molecular weight excluding hydrogens is 192 g/mol. The zero-order chi connectivity index (χ0) is 11.1. The smallest absolute Gasteiger partial charge is 0.407 e. The molecule has 1 amide bonds. The number of hydrogen-bond acceptors (Lipinski definition) is 3. The molecule has 2 aliphatic rings. The molecule has 1 heterocycles. The zero-order valence-corrected chi connectivity index (χ0v) is 9.67. The van der Waals surface area contributed by atoms with E-state index in [0.29, 0.717) is 12.6 Å². The van der Waals surface area contributed by atoms with E-state index in [2.05, 4.69) is 10.6 Å². The van der Waals surface area contributed by atoms with Crippen LogP contribution in [0.3, 0.4) is 0 Å². The summed E-state index contributed by atoms with van der Waals surface area (Å²) in [7, 11) is 0. The predicted octanol–water partition coefficient (Wildman–Crippen LogP) is 1.12. The van der Waals surface area contributed by atoms with Crippen molar-refractivity contribution in [3.05, 3.63) is 0 Å². The van der Waals surface area contributed by atoms with Gasteiger partial charge in [-0.05, 0) is 45.6 Å². The molecule has 2 rings (SSSR count). The first-order valence-corrected chi connectivity index (χ1v) is 5.66. The minimum atomic E-state index is -0.407. The van der Waals surface area contributed by atoms with E-state index in [-0.39, 0.29) is 6.09 Å². The Balaban J connectivity index is 1.67. The molecule has 0 aromatic heterocycles. The van der Waals surface area contributed by atoms with Gasteiger partial charge in [-0.15, -0.1) is 0 Å². The molecule has 1 aliphatic heterocycles. The summed E-state index contributed by atoms with van der Waals surface area (Å²) in [6.07, 6.45) is 1.02. The third-order valence-corrected chi connectivity index (χ3v) is 3.00. The lowest BCUT2D eigenvalue weighted by Gasteiger charge is -2.21. The maximum atomic E-state index is 11.4. The summed E-state index contributed by atoms with van der Waals surface area (Å²) in [6, 6.07) is 0.461. The number of carbonyl (C=O) groups is 1. The van der Waals surface area contributed by atoms with E-state index in [1.165, 1.54) is 6.42 Å². The van der Waals surface area contributed by atoms with Gasteiger partial charge in [0.15, 0.2) is 0 Å². The van der Waals surface area contributed by atoms with Crippen LogP contribution in [-0.4, -0.2) is 30.8 Å². The first kappa shape index (κ1) is 10.7. The van der Waals surface area contributed by atoms with Gasteiger partial charge < -0.3 is 15.4 Å². The van der Waals surface area contributed by atoms with Crippen molar-refractivity contribution in [3.63, 3.8) is 0 Å². The van der Waals surface area contributed by atoms with Gasteiger partial charge in [-0.2, -0.15) is 0 Å². The highest BCUT2D eigenvalue weighted by Gasteiger charge is 2.47. The van der Waals surface area contributed by atoms with Crippen LogP contribution in [0.15, 0.2) is 0 Å². The molecule has 15 heavy (non-hydrogen) atoms. The van der Waals surface area contributed by atoms with E-state index in [9.17, 15) is 4.79 Å². The SMILES string of the molecule is CC(C)(C)OC(=O)NC[C@@H]1NC[C@H]2C[C@H]21. The van der Waals surface area contributed by atoms with Gasteiger partial charge in [0.1, 0.15) is 5.60 Å². The highest BCUT2D eigenvalue weighted by molar-refractivity contribution is 5.67. The molecule has 4 nitrogen and oxygen atoms in total. The fraction of sp³-hybridized carbons (Fsp3) is 0.909. The number of fused-ring (bicyclic) bond motifs is 1. The van der Waals surface area contributed by atoms with Gasteiger partial charge >= 0.3 is 6.09 Å². The van der Waals surface area contributed by atoms with E-state index >= 15 is 0 Å². The van der Waals surface area contributed by atoms with Gasteiger partial charge in [-0.3, -0.25) is 0 Å². The molecular formula is C11H20N2O2. The quantitative estimate of drug-likeness (QED) is 0.721. The lowest BCUT2D eigenvalue weighted by molar-refractivity contribution is 0.0522. The summed E-state index contributed by atoms with van der Waals surface area (Å²) in [6.45, 7) is 7.42. The Morgan fingerprint density at radius 1 is 1.53 bits per heavy atom. The van der Waals surface area contributed by atoms with Crippen LogP contribution in [-0.2, 0) is 4.74 Å². The number of hydrogen-bond donors (Lipinski definition) is 2. The first-order valence-electron chi connectivity index (χ1n) is 5.66. The van der Waals surface area contributed by atoms with Gasteiger partial charge in [-0.25, -0.2) is 4.79 Å². The fourth-order valence-corrected chi connectivity index (χ4v) is 2.18. The molecule has 1 saturated carbocycles. The Morgan fingerprint density at radius 3 is 2.73 bits per heavy atom. The second-order valence-corrected chi connectivity index (χ2v) is 5.56. The topological polar surface area (TPSA) is 50.4 Å². The van der Waals surface area contributed by atoms with E-state index in [4.69, 9.17) is 4.74 Å². The number of rotatable bonds is 2. The van der Waals surface area contributed by atoms with Gasteiger partial charge in [0.25, 0.3) is 0 Å². The molecule has 1 aliphatic carbocycles. The third kappa shape index (κ3) is 2.84. The Kier molecular flexibility index (Phi) is 2.63. The summed E-state index contributed by atoms with van der Waals surface area (Å²) in [5.41, 5.74) is -0.407. The molecule has 0 aromatic carbocycles. The predicted molar refractivity (Wildman–Crippen MR) is 57.6 cm³/mol. The maximum absolute atomic E-state index is 11.4. The Bertz CT molecular complexity index is 260. The lowest BCUT2D eigenvalue weighted by Crippen LogP contribution is -2.41. The van der Waals surface area contributed by atoms with Crippen LogP contribution in [0.1, 0.15) is 27.2 Å². The van der Waals surface area contributed by atoms with Crippen molar-refractivity contribution in [2.75, 3.05) is 13.1 Å². The number of ether oxygens (including phenoxy) is 1. The number of carbonyl (C=O) groups excluding carboxylic acids is 1. The summed E-state index contributed by atoms with van der Waals surface area (Å²) in [5, 5.41) is 6.22. The van der Waals surface area contributed by atoms with Gasteiger partial charge in [0.05, 0.1) is 0 Å². The second-order valence-electron chi connectivity index (χ2n) is 5.56. The standard InChI is InChI=1S/C11H20N2O2/c1-11(2,3)15-10(14)13-6-9-8-4-7(8)5-12-9/h7-9,12H,4-6H2,1-3H3,(H,13,14)/t7-,8-,9+/m1/s1. The summed E-state index contributed by atoms with van der Waals surface area (Å²) >= 11 is 0. The molecule has 0 aromatic rings. The van der Waals surface area contributed by atoms with E-state index in [1.54, 1.807) is 0 Å². The molecule has 1 saturated heterocycles. The Morgan fingerprint density at radius 2 is 2.27 bits per heavy atom. The number of nitrogens with one attached hydrogen (secondary N) is 2. The molecule has 0 radical (unpaired) electrons. The molecule has 0 unspecified atom stereocenters. The maximum Gasteiger partial charge on any atom is 0.407 e. The molecule has 0 bridgehead atoms. The van der Waals surface area contributed by atoms with E-state index in [1.807, 2.05) is 20.8 Å². The average Bonchev–Trinajstić information content (AvgIpc) is 2.74. The largest absolute Gasteiger partial charge is 0.444 e. The average molecular weight is 212 g/mol. The minimum absolute atomic E-state index is 0.312. The van der Waals surface area contributed by atoms with Crippen molar-refractivity contribution in [2.24, 2.45) is 11.8 Å². The van der Waals surface area contributed by atoms with Crippen molar-refractivity contribution >= 4 is 6.09 Å². The summed E-state index contributed by atoms with van der Waals surface area (Å²) in [5.74, 6) is 1.66. The number of alkyl carbamates (subject to hydrolysis) is 1. The molecule has 4 heteroatoms. The molecule has 2 N–H and O–H groups in total. The molecule has 2 fully saturated rings. The normalized spacial score (nSPS) is 33.4. The minimum Gasteiger partial charge on any atom is -0.444 e. The van der Waals surface area contributed by atoms with Crippen LogP contribution in [0, 0.1) is 11.8 Å². The Labute approximate surface area is 90.8 Å². The molecule has 3 atom stereocenters. The fourth-order valence-electron chi connectivity index (χ4n) is 2.18. The van der Waals surface area contributed by atoms with Gasteiger partial charge in [-0.1, -0.05) is 0 Å². The van der Waals surface area contributed by atoms with Crippen molar-refractivity contribution < 1.29 is 9.53 Å². The highest BCUT2D eigenvalue weighted by Crippen LogP contribution is 2.44. The van der Waals surface area contributed by atoms with Crippen molar-refractivity contribution in [1.82, 2.24) is 10.6 Å². The lowest BCUT2D eigenvalue weighted by atomic mass is 10.2. The van der Waals surface area contributed by atoms with Crippen molar-refractivity contribution in [3.8, 4) is 0 Å². The number of piperidine rings is 1. The van der Waals surface area contributed by atoms with Crippen LogP contribution in [0.2, 0.25) is 0 Å². The third-order valence-electron chi connectivity index (χ3n) is 3.00. The van der Waals surface area contributed by atoms with Crippen molar-refractivity contribution in [1.29, 1.82) is 0 Å². The van der Waals surface area contributed by atoms with Crippen LogP contribution < -0.4 is 10.6 Å².